The van der Waals surface area contributed by atoms with Gasteiger partial charge in [-0.15, -0.1) is 0 Å². The zero-order chi connectivity index (χ0) is 30.5. The third-order valence-corrected chi connectivity index (χ3v) is 9.09. The Morgan fingerprint density at radius 1 is 0.304 bits per heavy atom. The van der Waals surface area contributed by atoms with Crippen LogP contribution >= 0.6 is 0 Å². The number of nitrogens with zero attached hydrogens (tertiary/aromatic N) is 2. The molecule has 0 aliphatic carbocycles. The highest BCUT2D eigenvalue weighted by atomic mass is 14.7. The van der Waals surface area contributed by atoms with Crippen LogP contribution in [-0.4, -0.2) is 9.97 Å². The molecule has 0 atom stereocenters. The van der Waals surface area contributed by atoms with Crippen molar-refractivity contribution in [3.63, 3.8) is 0 Å². The maximum atomic E-state index is 5.07. The molecular formula is C44H28N2. The monoisotopic (exact) mass is 584 g/mol. The van der Waals surface area contributed by atoms with Gasteiger partial charge in [-0.2, -0.15) is 0 Å². The summed E-state index contributed by atoms with van der Waals surface area (Å²) < 4.78 is 0. The van der Waals surface area contributed by atoms with Gasteiger partial charge in [0.15, 0.2) is 0 Å². The second kappa shape index (κ2) is 10.8. The van der Waals surface area contributed by atoms with Crippen LogP contribution in [0.3, 0.4) is 0 Å². The normalized spacial score (nSPS) is 11.5. The fourth-order valence-electron chi connectivity index (χ4n) is 6.85. The SMILES string of the molecule is c1ccc(-c2cc3ccccc3cc2-c2cnc3c(ccc4cc(-c5c(-c6ccccc6)ccc6ccccc56)cnc43)c2)cc1. The molecule has 0 bridgehead atoms. The molecule has 0 aliphatic heterocycles. The van der Waals surface area contributed by atoms with Crippen LogP contribution < -0.4 is 0 Å². The van der Waals surface area contributed by atoms with Crippen molar-refractivity contribution in [3.8, 4) is 44.5 Å². The second-order valence-electron chi connectivity index (χ2n) is 11.8. The predicted octanol–water partition coefficient (Wildman–Crippen LogP) is 11.8. The van der Waals surface area contributed by atoms with E-state index in [1.807, 2.05) is 12.4 Å². The Morgan fingerprint density at radius 2 is 0.783 bits per heavy atom. The molecule has 9 rings (SSSR count). The van der Waals surface area contributed by atoms with Crippen molar-refractivity contribution < 1.29 is 0 Å². The van der Waals surface area contributed by atoms with Crippen LogP contribution in [0.5, 0.6) is 0 Å². The average Bonchev–Trinajstić information content (AvgIpc) is 3.14. The Morgan fingerprint density at radius 3 is 1.43 bits per heavy atom. The molecule has 0 saturated heterocycles. The first-order chi connectivity index (χ1) is 22.8. The van der Waals surface area contributed by atoms with E-state index in [0.29, 0.717) is 0 Å². The Kier molecular flexibility index (Phi) is 6.17. The molecule has 0 fully saturated rings. The first-order valence-electron chi connectivity index (χ1n) is 15.6. The van der Waals surface area contributed by atoms with E-state index in [0.717, 1.165) is 32.9 Å². The summed E-state index contributed by atoms with van der Waals surface area (Å²) in [5.74, 6) is 0. The summed E-state index contributed by atoms with van der Waals surface area (Å²) in [6, 6.07) is 56.3. The van der Waals surface area contributed by atoms with Crippen LogP contribution in [0.2, 0.25) is 0 Å². The lowest BCUT2D eigenvalue weighted by Crippen LogP contribution is -1.92. The number of benzene rings is 7. The largest absolute Gasteiger partial charge is 0.253 e. The van der Waals surface area contributed by atoms with Crippen molar-refractivity contribution in [2.75, 3.05) is 0 Å². The highest BCUT2D eigenvalue weighted by molar-refractivity contribution is 6.09. The summed E-state index contributed by atoms with van der Waals surface area (Å²) in [6.07, 6.45) is 4.02. The van der Waals surface area contributed by atoms with Crippen LogP contribution in [0.4, 0.5) is 0 Å². The quantitative estimate of drug-likeness (QED) is 0.192. The van der Waals surface area contributed by atoms with Crippen molar-refractivity contribution in [2.24, 2.45) is 0 Å². The fraction of sp³-hybridized carbons (Fsp3) is 0. The zero-order valence-electron chi connectivity index (χ0n) is 25.1. The van der Waals surface area contributed by atoms with E-state index in [9.17, 15) is 0 Å². The molecule has 0 N–H and O–H groups in total. The number of hydrogen-bond acceptors (Lipinski definition) is 2. The van der Waals surface area contributed by atoms with E-state index >= 15 is 0 Å². The first-order valence-corrected chi connectivity index (χ1v) is 15.6. The van der Waals surface area contributed by atoms with Gasteiger partial charge in [-0.25, -0.2) is 0 Å². The molecule has 2 aromatic heterocycles. The minimum absolute atomic E-state index is 0.913. The molecule has 0 spiro atoms. The summed E-state index contributed by atoms with van der Waals surface area (Å²) in [4.78, 5) is 10.1. The Bertz CT molecular complexity index is 2570. The topological polar surface area (TPSA) is 25.8 Å². The third kappa shape index (κ3) is 4.43. The molecule has 214 valence electrons. The molecule has 0 unspecified atom stereocenters. The Balaban J connectivity index is 1.20. The van der Waals surface area contributed by atoms with Crippen LogP contribution in [0, 0.1) is 0 Å². The van der Waals surface area contributed by atoms with Crippen LogP contribution in [0.1, 0.15) is 0 Å². The number of aromatic nitrogens is 2. The van der Waals surface area contributed by atoms with E-state index < -0.39 is 0 Å². The average molecular weight is 585 g/mol. The van der Waals surface area contributed by atoms with Gasteiger partial charge in [-0.3, -0.25) is 9.97 Å². The molecule has 0 aliphatic rings. The first kappa shape index (κ1) is 26.3. The molecular weight excluding hydrogens is 556 g/mol. The van der Waals surface area contributed by atoms with Crippen LogP contribution in [0.25, 0.3) is 87.9 Å². The third-order valence-electron chi connectivity index (χ3n) is 9.09. The van der Waals surface area contributed by atoms with Crippen molar-refractivity contribution in [1.29, 1.82) is 0 Å². The molecule has 0 saturated carbocycles. The van der Waals surface area contributed by atoms with Gasteiger partial charge in [0.1, 0.15) is 0 Å². The molecule has 2 nitrogen and oxygen atoms in total. The van der Waals surface area contributed by atoms with Gasteiger partial charge in [-0.05, 0) is 79.2 Å². The molecule has 2 heterocycles. The summed E-state index contributed by atoms with van der Waals surface area (Å²) >= 11 is 0. The lowest BCUT2D eigenvalue weighted by molar-refractivity contribution is 1.37. The van der Waals surface area contributed by atoms with Crippen molar-refractivity contribution in [2.45, 2.75) is 0 Å². The number of fused-ring (bicyclic) bond motifs is 5. The lowest BCUT2D eigenvalue weighted by atomic mass is 9.90. The number of pyridine rings is 2. The minimum Gasteiger partial charge on any atom is -0.253 e. The molecule has 0 radical (unpaired) electrons. The van der Waals surface area contributed by atoms with Crippen LogP contribution in [-0.2, 0) is 0 Å². The number of rotatable bonds is 4. The summed E-state index contributed by atoms with van der Waals surface area (Å²) in [5, 5.41) is 7.03. The van der Waals surface area contributed by atoms with Crippen molar-refractivity contribution in [3.05, 3.63) is 170 Å². The van der Waals surface area contributed by atoms with E-state index in [-0.39, 0.29) is 0 Å². The molecule has 2 heteroatoms. The summed E-state index contributed by atoms with van der Waals surface area (Å²) in [5.41, 5.74) is 11.2. The predicted molar refractivity (Wildman–Crippen MR) is 194 cm³/mol. The maximum absolute atomic E-state index is 5.07. The molecule has 46 heavy (non-hydrogen) atoms. The van der Waals surface area contributed by atoms with Gasteiger partial charge in [0, 0.05) is 34.3 Å². The van der Waals surface area contributed by atoms with E-state index in [1.165, 1.54) is 54.9 Å². The van der Waals surface area contributed by atoms with Gasteiger partial charge < -0.3 is 0 Å². The van der Waals surface area contributed by atoms with Gasteiger partial charge in [0.05, 0.1) is 11.0 Å². The van der Waals surface area contributed by atoms with Crippen molar-refractivity contribution in [1.82, 2.24) is 9.97 Å². The number of hydrogen-bond donors (Lipinski definition) is 0. The smallest absolute Gasteiger partial charge is 0.0965 e. The standard InChI is InChI=1S/C44H28N2/c1-3-11-29(12-4-1)39-22-21-31-15-9-10-18-38(31)42(39)37-24-35-20-19-34-23-36(27-45-43(34)44(35)46-28-37)41-26-33-17-8-7-16-32(33)25-40(41)30-13-5-2-6-14-30/h1-28H. The second-order valence-corrected chi connectivity index (χ2v) is 11.8. The summed E-state index contributed by atoms with van der Waals surface area (Å²) in [6.45, 7) is 0. The van der Waals surface area contributed by atoms with Gasteiger partial charge >= 0.3 is 0 Å². The minimum atomic E-state index is 0.913. The van der Waals surface area contributed by atoms with E-state index in [1.54, 1.807) is 0 Å². The lowest BCUT2D eigenvalue weighted by Gasteiger charge is -2.15. The fourth-order valence-corrected chi connectivity index (χ4v) is 6.85. The highest BCUT2D eigenvalue weighted by Crippen LogP contribution is 2.40. The molecule has 0 amide bonds. The van der Waals surface area contributed by atoms with E-state index in [4.69, 9.17) is 9.97 Å². The van der Waals surface area contributed by atoms with Crippen LogP contribution in [0.15, 0.2) is 170 Å². The van der Waals surface area contributed by atoms with Crippen molar-refractivity contribution >= 4 is 43.4 Å². The maximum Gasteiger partial charge on any atom is 0.0965 e. The van der Waals surface area contributed by atoms with Gasteiger partial charge in [0.25, 0.3) is 0 Å². The highest BCUT2D eigenvalue weighted by Gasteiger charge is 2.15. The zero-order valence-corrected chi connectivity index (χ0v) is 25.1. The van der Waals surface area contributed by atoms with E-state index in [2.05, 4.69) is 158 Å². The molecule has 7 aromatic carbocycles. The van der Waals surface area contributed by atoms with Gasteiger partial charge in [-0.1, -0.05) is 133 Å². The van der Waals surface area contributed by atoms with Gasteiger partial charge in [0.2, 0.25) is 0 Å². The summed E-state index contributed by atoms with van der Waals surface area (Å²) in [7, 11) is 0. The Hall–Kier alpha value is -6.12. The molecule has 9 aromatic rings. The Labute approximate surface area is 267 Å².